The van der Waals surface area contributed by atoms with E-state index < -0.39 is 0 Å². The lowest BCUT2D eigenvalue weighted by Gasteiger charge is -1.93. The summed E-state index contributed by atoms with van der Waals surface area (Å²) in [6.45, 7) is 0. The molecule has 0 bridgehead atoms. The summed E-state index contributed by atoms with van der Waals surface area (Å²) >= 11 is 6.84. The number of hydrogen-bond donors (Lipinski definition) is 0. The van der Waals surface area contributed by atoms with Gasteiger partial charge in [0.25, 0.3) is 0 Å². The molecule has 0 spiro atoms. The highest BCUT2D eigenvalue weighted by molar-refractivity contribution is 7.09. The summed E-state index contributed by atoms with van der Waals surface area (Å²) in [5, 5.41) is 9.63. The van der Waals surface area contributed by atoms with Gasteiger partial charge in [-0.1, -0.05) is 12.1 Å². The molecule has 2 aromatic rings. The number of hydrogen-bond acceptors (Lipinski definition) is 4. The zero-order valence-corrected chi connectivity index (χ0v) is 8.51. The van der Waals surface area contributed by atoms with E-state index in [1.807, 2.05) is 12.1 Å². The SMILES string of the molecule is N#Cc1ccc(-c2nc(Cl)ns2)cc1. The highest BCUT2D eigenvalue weighted by Gasteiger charge is 2.03. The Bertz CT molecular complexity index is 484. The van der Waals surface area contributed by atoms with Crippen LogP contribution < -0.4 is 0 Å². The molecule has 14 heavy (non-hydrogen) atoms. The van der Waals surface area contributed by atoms with Crippen molar-refractivity contribution in [1.29, 1.82) is 5.26 Å². The predicted molar refractivity (Wildman–Crippen MR) is 55.1 cm³/mol. The monoisotopic (exact) mass is 221 g/mol. The second-order valence-corrected chi connectivity index (χ2v) is 3.65. The average Bonchev–Trinajstić information content (AvgIpc) is 2.65. The van der Waals surface area contributed by atoms with Crippen molar-refractivity contribution in [2.24, 2.45) is 0 Å². The van der Waals surface area contributed by atoms with Crippen molar-refractivity contribution >= 4 is 23.1 Å². The molecule has 3 nitrogen and oxygen atoms in total. The first kappa shape index (κ1) is 9.13. The molecule has 68 valence electrons. The molecule has 5 heteroatoms. The van der Waals surface area contributed by atoms with Crippen LogP contribution in [-0.4, -0.2) is 9.36 Å². The van der Waals surface area contributed by atoms with E-state index in [9.17, 15) is 0 Å². The topological polar surface area (TPSA) is 49.6 Å². The number of nitriles is 1. The second kappa shape index (κ2) is 3.74. The van der Waals surface area contributed by atoms with Crippen LogP contribution in [0.4, 0.5) is 0 Å². The second-order valence-electron chi connectivity index (χ2n) is 2.56. The van der Waals surface area contributed by atoms with Crippen LogP contribution in [0.1, 0.15) is 5.56 Å². The first-order valence-corrected chi connectivity index (χ1v) is 4.94. The molecule has 0 N–H and O–H groups in total. The lowest BCUT2D eigenvalue weighted by molar-refractivity contribution is 1.33. The van der Waals surface area contributed by atoms with Crippen molar-refractivity contribution in [2.45, 2.75) is 0 Å². The Morgan fingerprint density at radius 1 is 1.29 bits per heavy atom. The first-order chi connectivity index (χ1) is 6.79. The van der Waals surface area contributed by atoms with E-state index in [4.69, 9.17) is 16.9 Å². The summed E-state index contributed by atoms with van der Waals surface area (Å²) in [5.41, 5.74) is 1.55. The van der Waals surface area contributed by atoms with Gasteiger partial charge in [-0.2, -0.15) is 9.64 Å². The molecule has 1 aromatic heterocycles. The van der Waals surface area contributed by atoms with Crippen molar-refractivity contribution in [2.75, 3.05) is 0 Å². The van der Waals surface area contributed by atoms with Crippen molar-refractivity contribution in [3.63, 3.8) is 0 Å². The van der Waals surface area contributed by atoms with Gasteiger partial charge >= 0.3 is 0 Å². The van der Waals surface area contributed by atoms with Crippen molar-refractivity contribution in [1.82, 2.24) is 9.36 Å². The van der Waals surface area contributed by atoms with Crippen molar-refractivity contribution in [3.8, 4) is 16.6 Å². The summed E-state index contributed by atoms with van der Waals surface area (Å²) in [7, 11) is 0. The smallest absolute Gasteiger partial charge is 0.205 e. The average molecular weight is 222 g/mol. The van der Waals surface area contributed by atoms with Crippen LogP contribution in [0.2, 0.25) is 5.28 Å². The molecule has 1 heterocycles. The summed E-state index contributed by atoms with van der Waals surface area (Å²) in [6.07, 6.45) is 0. The maximum Gasteiger partial charge on any atom is 0.234 e. The van der Waals surface area contributed by atoms with Crippen LogP contribution in [0.5, 0.6) is 0 Å². The van der Waals surface area contributed by atoms with Gasteiger partial charge in [0.1, 0.15) is 5.01 Å². The molecular weight excluding hydrogens is 218 g/mol. The predicted octanol–water partition coefficient (Wildman–Crippen LogP) is 2.73. The molecular formula is C9H4ClN3S. The van der Waals surface area contributed by atoms with Crippen LogP contribution in [0.15, 0.2) is 24.3 Å². The zero-order chi connectivity index (χ0) is 9.97. The molecule has 1 aromatic carbocycles. The largest absolute Gasteiger partial charge is 0.234 e. The van der Waals surface area contributed by atoms with Gasteiger partial charge in [0, 0.05) is 5.56 Å². The highest BCUT2D eigenvalue weighted by atomic mass is 35.5. The Morgan fingerprint density at radius 3 is 2.50 bits per heavy atom. The normalized spacial score (nSPS) is 9.71. The number of halogens is 1. The van der Waals surface area contributed by atoms with Gasteiger partial charge in [-0.25, -0.2) is 4.98 Å². The van der Waals surface area contributed by atoms with E-state index >= 15 is 0 Å². The van der Waals surface area contributed by atoms with Gasteiger partial charge in [-0.05, 0) is 35.3 Å². The molecule has 0 fully saturated rings. The third kappa shape index (κ3) is 1.74. The van der Waals surface area contributed by atoms with E-state index in [0.717, 1.165) is 10.6 Å². The van der Waals surface area contributed by atoms with Gasteiger partial charge in [-0.3, -0.25) is 0 Å². The Hall–Kier alpha value is -1.44. The van der Waals surface area contributed by atoms with Gasteiger partial charge < -0.3 is 0 Å². The summed E-state index contributed by atoms with van der Waals surface area (Å²) in [6, 6.07) is 9.19. The van der Waals surface area contributed by atoms with E-state index in [0.29, 0.717) is 5.56 Å². The van der Waals surface area contributed by atoms with Crippen molar-refractivity contribution in [3.05, 3.63) is 35.1 Å². The van der Waals surface area contributed by atoms with Crippen LogP contribution in [0.25, 0.3) is 10.6 Å². The molecule has 0 saturated carbocycles. The van der Waals surface area contributed by atoms with Gasteiger partial charge in [0.2, 0.25) is 5.28 Å². The van der Waals surface area contributed by atoms with Gasteiger partial charge in [-0.15, -0.1) is 0 Å². The number of benzene rings is 1. The molecule has 2 rings (SSSR count). The Labute approximate surface area is 89.8 Å². The third-order valence-electron chi connectivity index (χ3n) is 1.66. The lowest BCUT2D eigenvalue weighted by Crippen LogP contribution is -1.77. The molecule has 0 radical (unpaired) electrons. The standard InChI is InChI=1S/C9H4ClN3S/c10-9-12-8(14-13-9)7-3-1-6(5-11)2-4-7/h1-4H. The van der Waals surface area contributed by atoms with E-state index in [1.54, 1.807) is 12.1 Å². The van der Waals surface area contributed by atoms with E-state index in [2.05, 4.69) is 15.4 Å². The Kier molecular flexibility index (Phi) is 2.44. The molecule has 0 aliphatic rings. The van der Waals surface area contributed by atoms with Crippen LogP contribution in [0.3, 0.4) is 0 Å². The Balaban J connectivity index is 2.39. The summed E-state index contributed by atoms with van der Waals surface area (Å²) < 4.78 is 3.87. The van der Waals surface area contributed by atoms with Crippen LogP contribution >= 0.6 is 23.1 Å². The molecule has 0 aliphatic heterocycles. The first-order valence-electron chi connectivity index (χ1n) is 3.79. The minimum atomic E-state index is 0.259. The maximum absolute atomic E-state index is 8.61. The Morgan fingerprint density at radius 2 is 2.00 bits per heavy atom. The number of nitrogens with zero attached hydrogens (tertiary/aromatic N) is 3. The quantitative estimate of drug-likeness (QED) is 0.744. The zero-order valence-electron chi connectivity index (χ0n) is 6.94. The molecule has 0 unspecified atom stereocenters. The fraction of sp³-hybridized carbons (Fsp3) is 0. The van der Waals surface area contributed by atoms with Crippen molar-refractivity contribution < 1.29 is 0 Å². The number of rotatable bonds is 1. The van der Waals surface area contributed by atoms with Gasteiger partial charge in [0.05, 0.1) is 11.6 Å². The molecule has 0 amide bonds. The minimum absolute atomic E-state index is 0.259. The van der Waals surface area contributed by atoms with Crippen LogP contribution in [-0.2, 0) is 0 Å². The van der Waals surface area contributed by atoms with E-state index in [-0.39, 0.29) is 5.28 Å². The minimum Gasteiger partial charge on any atom is -0.205 e. The fourth-order valence-electron chi connectivity index (χ4n) is 1.01. The highest BCUT2D eigenvalue weighted by Crippen LogP contribution is 2.22. The van der Waals surface area contributed by atoms with E-state index in [1.165, 1.54) is 11.5 Å². The third-order valence-corrected chi connectivity index (χ3v) is 2.70. The summed E-state index contributed by atoms with van der Waals surface area (Å²) in [4.78, 5) is 4.03. The fourth-order valence-corrected chi connectivity index (χ4v) is 1.82. The summed E-state index contributed by atoms with van der Waals surface area (Å²) in [5.74, 6) is 0. The lowest BCUT2D eigenvalue weighted by atomic mass is 10.2. The molecule has 0 saturated heterocycles. The van der Waals surface area contributed by atoms with Gasteiger partial charge in [0.15, 0.2) is 0 Å². The molecule has 0 atom stereocenters. The maximum atomic E-state index is 8.61. The van der Waals surface area contributed by atoms with Crippen LogP contribution in [0, 0.1) is 11.3 Å². The molecule has 0 aliphatic carbocycles. The number of aromatic nitrogens is 2.